The summed E-state index contributed by atoms with van der Waals surface area (Å²) in [5, 5.41) is 1.91. The number of ether oxygens (including phenoxy) is 2. The molecule has 37 heavy (non-hydrogen) atoms. The van der Waals surface area contributed by atoms with Crippen molar-refractivity contribution in [3.05, 3.63) is 114 Å². The lowest BCUT2D eigenvalue weighted by Crippen LogP contribution is -2.57. The molecular formula is C31H33N3O3. The Morgan fingerprint density at radius 3 is 2.27 bits per heavy atom. The molecule has 1 saturated heterocycles. The van der Waals surface area contributed by atoms with Gasteiger partial charge in [0.15, 0.2) is 0 Å². The summed E-state index contributed by atoms with van der Waals surface area (Å²) in [6.07, 6.45) is 3.50. The highest BCUT2D eigenvalue weighted by molar-refractivity contribution is 6.06. The number of methoxy groups -OCH3 is 1. The minimum Gasteiger partial charge on any atom is -0.382 e. The first-order valence-corrected chi connectivity index (χ1v) is 12.8. The molecule has 6 heteroatoms. The highest BCUT2D eigenvalue weighted by Crippen LogP contribution is 2.32. The molecule has 1 aromatic heterocycles. The maximum Gasteiger partial charge on any atom is 0.256 e. The molecular weight excluding hydrogens is 462 g/mol. The Bertz CT molecular complexity index is 1250. The number of nitrogens with zero attached hydrogens (tertiary/aromatic N) is 3. The Morgan fingerprint density at radius 2 is 1.57 bits per heavy atom. The number of rotatable bonds is 9. The second kappa shape index (κ2) is 12.1. The summed E-state index contributed by atoms with van der Waals surface area (Å²) in [6, 6.07) is 29.2. The van der Waals surface area contributed by atoms with Gasteiger partial charge in [0.05, 0.1) is 37.5 Å². The molecule has 0 radical (unpaired) electrons. The molecule has 1 aliphatic rings. The number of aromatic nitrogens is 1. The molecule has 1 aliphatic heterocycles. The Morgan fingerprint density at radius 1 is 0.892 bits per heavy atom. The Balaban J connectivity index is 1.44. The van der Waals surface area contributed by atoms with Crippen LogP contribution in [-0.2, 0) is 9.47 Å². The van der Waals surface area contributed by atoms with Gasteiger partial charge in [-0.2, -0.15) is 0 Å². The third-order valence-electron chi connectivity index (χ3n) is 7.02. The predicted octanol–water partition coefficient (Wildman–Crippen LogP) is 4.81. The molecule has 190 valence electrons. The normalized spacial score (nSPS) is 16.4. The Hall–Kier alpha value is -3.58. The predicted molar refractivity (Wildman–Crippen MR) is 146 cm³/mol. The molecule has 1 atom stereocenters. The van der Waals surface area contributed by atoms with E-state index in [0.717, 1.165) is 17.3 Å². The van der Waals surface area contributed by atoms with Crippen molar-refractivity contribution in [1.82, 2.24) is 14.8 Å². The Labute approximate surface area is 218 Å². The largest absolute Gasteiger partial charge is 0.382 e. The minimum atomic E-state index is 0.0156. The van der Waals surface area contributed by atoms with Crippen molar-refractivity contribution in [3.63, 3.8) is 0 Å². The number of hydrogen-bond donors (Lipinski definition) is 0. The molecule has 0 bridgehead atoms. The van der Waals surface area contributed by atoms with Gasteiger partial charge in [-0.05, 0) is 16.5 Å². The number of pyridine rings is 1. The number of piperazine rings is 1. The SMILES string of the molecule is COCCOCC1CN(C(=O)c2cncc3ccccc23)CCN1C(c1ccccc1)c1ccccc1. The van der Waals surface area contributed by atoms with Crippen molar-refractivity contribution < 1.29 is 14.3 Å². The van der Waals surface area contributed by atoms with Crippen LogP contribution in [0.3, 0.4) is 0 Å². The van der Waals surface area contributed by atoms with E-state index in [4.69, 9.17) is 9.47 Å². The third kappa shape index (κ3) is 5.72. The zero-order valence-corrected chi connectivity index (χ0v) is 21.2. The van der Waals surface area contributed by atoms with Crippen molar-refractivity contribution in [3.8, 4) is 0 Å². The smallest absolute Gasteiger partial charge is 0.256 e. The molecule has 0 aliphatic carbocycles. The summed E-state index contributed by atoms with van der Waals surface area (Å²) >= 11 is 0. The van der Waals surface area contributed by atoms with Gasteiger partial charge in [0.2, 0.25) is 0 Å². The minimum absolute atomic E-state index is 0.0156. The van der Waals surface area contributed by atoms with Crippen molar-refractivity contribution >= 4 is 16.7 Å². The van der Waals surface area contributed by atoms with Gasteiger partial charge in [-0.15, -0.1) is 0 Å². The van der Waals surface area contributed by atoms with E-state index in [1.165, 1.54) is 11.1 Å². The van der Waals surface area contributed by atoms with Gasteiger partial charge in [-0.25, -0.2) is 0 Å². The molecule has 2 heterocycles. The summed E-state index contributed by atoms with van der Waals surface area (Å²) < 4.78 is 11.2. The van der Waals surface area contributed by atoms with Gasteiger partial charge in [-0.3, -0.25) is 14.7 Å². The molecule has 6 nitrogen and oxygen atoms in total. The highest BCUT2D eigenvalue weighted by atomic mass is 16.5. The van der Waals surface area contributed by atoms with Crippen molar-refractivity contribution in [2.75, 3.05) is 46.6 Å². The molecule has 1 unspecified atom stereocenters. The molecule has 0 saturated carbocycles. The lowest BCUT2D eigenvalue weighted by molar-refractivity contribution is -0.0121. The standard InChI is InChI=1S/C31H33N3O3/c1-36-18-19-37-23-27-22-33(31(35)29-21-32-20-26-14-8-9-15-28(26)29)16-17-34(27)30(24-10-4-2-5-11-24)25-12-6-3-7-13-25/h2-15,20-21,27,30H,16-19,22-23H2,1H3. The fourth-order valence-corrected chi connectivity index (χ4v) is 5.21. The summed E-state index contributed by atoms with van der Waals surface area (Å²) in [7, 11) is 1.68. The maximum absolute atomic E-state index is 13.8. The van der Waals surface area contributed by atoms with Crippen LogP contribution in [0.4, 0.5) is 0 Å². The van der Waals surface area contributed by atoms with Crippen LogP contribution in [0.1, 0.15) is 27.5 Å². The fourth-order valence-electron chi connectivity index (χ4n) is 5.21. The number of carbonyl (C=O) groups excluding carboxylic acids is 1. The highest BCUT2D eigenvalue weighted by Gasteiger charge is 2.36. The zero-order valence-electron chi connectivity index (χ0n) is 21.2. The van der Waals surface area contributed by atoms with Crippen LogP contribution in [0.2, 0.25) is 0 Å². The number of carbonyl (C=O) groups is 1. The molecule has 0 spiro atoms. The summed E-state index contributed by atoms with van der Waals surface area (Å²) in [5.74, 6) is 0.0156. The topological polar surface area (TPSA) is 54.9 Å². The first-order valence-electron chi connectivity index (χ1n) is 12.8. The van der Waals surface area contributed by atoms with Gasteiger partial charge >= 0.3 is 0 Å². The monoisotopic (exact) mass is 495 g/mol. The van der Waals surface area contributed by atoms with E-state index in [9.17, 15) is 4.79 Å². The number of fused-ring (bicyclic) bond motifs is 1. The van der Waals surface area contributed by atoms with E-state index >= 15 is 0 Å². The van der Waals surface area contributed by atoms with Gasteiger partial charge in [0.1, 0.15) is 0 Å². The summed E-state index contributed by atoms with van der Waals surface area (Å²) in [6.45, 7) is 3.51. The number of amides is 1. The molecule has 0 N–H and O–H groups in total. The summed E-state index contributed by atoms with van der Waals surface area (Å²) in [4.78, 5) is 22.5. The van der Waals surface area contributed by atoms with Crippen molar-refractivity contribution in [2.45, 2.75) is 12.1 Å². The second-order valence-corrected chi connectivity index (χ2v) is 9.34. The van der Waals surface area contributed by atoms with Gasteiger partial charge in [0, 0.05) is 44.5 Å². The van der Waals surface area contributed by atoms with Crippen LogP contribution >= 0.6 is 0 Å². The molecule has 1 amide bonds. The first-order chi connectivity index (χ1) is 18.3. The van der Waals surface area contributed by atoms with E-state index in [0.29, 0.717) is 38.5 Å². The van der Waals surface area contributed by atoms with E-state index in [1.807, 2.05) is 41.3 Å². The van der Waals surface area contributed by atoms with Gasteiger partial charge < -0.3 is 14.4 Å². The maximum atomic E-state index is 13.8. The van der Waals surface area contributed by atoms with Crippen LogP contribution in [0, 0.1) is 0 Å². The number of benzene rings is 3. The quantitative estimate of drug-likeness (QED) is 0.312. The van der Waals surface area contributed by atoms with Crippen LogP contribution in [0.15, 0.2) is 97.3 Å². The fraction of sp³-hybridized carbons (Fsp3) is 0.290. The van der Waals surface area contributed by atoms with Crippen molar-refractivity contribution in [2.24, 2.45) is 0 Å². The van der Waals surface area contributed by atoms with Gasteiger partial charge in [-0.1, -0.05) is 84.9 Å². The summed E-state index contributed by atoms with van der Waals surface area (Å²) in [5.41, 5.74) is 3.11. The van der Waals surface area contributed by atoms with Crippen LogP contribution in [0.25, 0.3) is 10.8 Å². The van der Waals surface area contributed by atoms with Crippen LogP contribution < -0.4 is 0 Å². The number of hydrogen-bond acceptors (Lipinski definition) is 5. The molecule has 3 aromatic carbocycles. The first kappa shape index (κ1) is 25.1. The average Bonchev–Trinajstić information content (AvgIpc) is 2.96. The van der Waals surface area contributed by atoms with E-state index in [1.54, 1.807) is 19.5 Å². The van der Waals surface area contributed by atoms with Gasteiger partial charge in [0.25, 0.3) is 5.91 Å². The zero-order chi connectivity index (χ0) is 25.5. The van der Waals surface area contributed by atoms with Crippen LogP contribution in [-0.4, -0.2) is 73.3 Å². The molecule has 5 rings (SSSR count). The lowest BCUT2D eigenvalue weighted by atomic mass is 9.94. The second-order valence-electron chi connectivity index (χ2n) is 9.34. The average molecular weight is 496 g/mol. The van der Waals surface area contributed by atoms with E-state index in [2.05, 4.69) is 58.4 Å². The van der Waals surface area contributed by atoms with E-state index in [-0.39, 0.29) is 18.0 Å². The van der Waals surface area contributed by atoms with Crippen molar-refractivity contribution in [1.29, 1.82) is 0 Å². The Kier molecular flexibility index (Phi) is 8.21. The lowest BCUT2D eigenvalue weighted by Gasteiger charge is -2.45. The van der Waals surface area contributed by atoms with Crippen LogP contribution in [0.5, 0.6) is 0 Å². The third-order valence-corrected chi connectivity index (χ3v) is 7.02. The molecule has 1 fully saturated rings. The van der Waals surface area contributed by atoms with E-state index < -0.39 is 0 Å². The molecule has 4 aromatic rings.